The smallest absolute Gasteiger partial charge is 0.329 e. The molecular formula is C13H14N2O6. The zero-order chi connectivity index (χ0) is 15.2. The number of carboxylic acid groups (broad SMARTS) is 1. The average Bonchev–Trinajstić information content (AvgIpc) is 2.45. The summed E-state index contributed by atoms with van der Waals surface area (Å²) < 4.78 is 9.98. The van der Waals surface area contributed by atoms with Crippen molar-refractivity contribution in [2.75, 3.05) is 31.7 Å². The van der Waals surface area contributed by atoms with Gasteiger partial charge in [-0.2, -0.15) is 0 Å². The number of anilines is 1. The second-order valence-corrected chi connectivity index (χ2v) is 4.25. The van der Waals surface area contributed by atoms with E-state index in [1.807, 2.05) is 0 Å². The maximum Gasteiger partial charge on any atom is 0.329 e. The van der Waals surface area contributed by atoms with E-state index in [9.17, 15) is 14.4 Å². The molecule has 3 N–H and O–H groups in total. The number of aliphatic carboxylic acids is 1. The molecule has 2 amide bonds. The van der Waals surface area contributed by atoms with Crippen LogP contribution in [0.25, 0.3) is 0 Å². The molecule has 1 aromatic carbocycles. The molecule has 21 heavy (non-hydrogen) atoms. The first-order valence-corrected chi connectivity index (χ1v) is 6.20. The minimum Gasteiger partial charge on any atom is -0.482 e. The molecular weight excluding hydrogens is 280 g/mol. The van der Waals surface area contributed by atoms with Gasteiger partial charge in [0.1, 0.15) is 12.4 Å². The minimum absolute atomic E-state index is 0.0422. The number of benzene rings is 1. The number of fused-ring (bicyclic) bond motifs is 1. The third-order valence-electron chi connectivity index (χ3n) is 2.63. The van der Waals surface area contributed by atoms with Crippen LogP contribution >= 0.6 is 0 Å². The number of hydrogen-bond acceptors (Lipinski definition) is 5. The molecule has 8 heteroatoms. The van der Waals surface area contributed by atoms with Gasteiger partial charge in [-0.3, -0.25) is 9.59 Å². The van der Waals surface area contributed by atoms with Gasteiger partial charge in [0.25, 0.3) is 11.8 Å². The zero-order valence-electron chi connectivity index (χ0n) is 11.0. The van der Waals surface area contributed by atoms with Crippen LogP contribution < -0.4 is 15.4 Å². The Morgan fingerprint density at radius 2 is 2.24 bits per heavy atom. The van der Waals surface area contributed by atoms with Crippen LogP contribution in [-0.4, -0.2) is 49.3 Å². The molecule has 0 aliphatic carbocycles. The second kappa shape index (κ2) is 6.71. The van der Waals surface area contributed by atoms with E-state index in [1.165, 1.54) is 6.07 Å². The molecule has 0 saturated carbocycles. The van der Waals surface area contributed by atoms with Gasteiger partial charge >= 0.3 is 5.97 Å². The van der Waals surface area contributed by atoms with E-state index in [4.69, 9.17) is 14.6 Å². The van der Waals surface area contributed by atoms with Crippen LogP contribution in [0.4, 0.5) is 5.69 Å². The van der Waals surface area contributed by atoms with Gasteiger partial charge in [0.05, 0.1) is 12.3 Å². The molecule has 0 aromatic heterocycles. The van der Waals surface area contributed by atoms with E-state index in [2.05, 4.69) is 10.6 Å². The number of amides is 2. The van der Waals surface area contributed by atoms with Crippen LogP contribution in [0.1, 0.15) is 10.4 Å². The number of ether oxygens (including phenoxy) is 2. The van der Waals surface area contributed by atoms with E-state index in [0.717, 1.165) is 0 Å². The third kappa shape index (κ3) is 4.18. The molecule has 0 atom stereocenters. The SMILES string of the molecule is O=C(O)COCCNC(=O)c1ccc2c(c1)NC(=O)CO2. The molecule has 0 bridgehead atoms. The molecule has 0 saturated heterocycles. The van der Waals surface area contributed by atoms with Crippen molar-refractivity contribution in [3.63, 3.8) is 0 Å². The van der Waals surface area contributed by atoms with Gasteiger partial charge in [0, 0.05) is 12.1 Å². The lowest BCUT2D eigenvalue weighted by atomic mass is 10.1. The largest absolute Gasteiger partial charge is 0.482 e. The maximum atomic E-state index is 11.9. The molecule has 0 fully saturated rings. The summed E-state index contributed by atoms with van der Waals surface area (Å²) in [5.74, 6) is -1.18. The fourth-order valence-electron chi connectivity index (χ4n) is 1.72. The molecule has 8 nitrogen and oxygen atoms in total. The molecule has 1 heterocycles. The molecule has 1 aliphatic rings. The predicted molar refractivity (Wildman–Crippen MR) is 71.4 cm³/mol. The van der Waals surface area contributed by atoms with Crippen LogP contribution in [0.5, 0.6) is 5.75 Å². The Balaban J connectivity index is 1.86. The highest BCUT2D eigenvalue weighted by atomic mass is 16.5. The lowest BCUT2D eigenvalue weighted by molar-refractivity contribution is -0.142. The van der Waals surface area contributed by atoms with Crippen molar-refractivity contribution >= 4 is 23.5 Å². The van der Waals surface area contributed by atoms with Gasteiger partial charge in [0.15, 0.2) is 6.61 Å². The zero-order valence-corrected chi connectivity index (χ0v) is 11.0. The fraction of sp³-hybridized carbons (Fsp3) is 0.308. The maximum absolute atomic E-state index is 11.9. The van der Waals surface area contributed by atoms with Crippen molar-refractivity contribution in [2.45, 2.75) is 0 Å². The summed E-state index contributed by atoms with van der Waals surface area (Å²) in [7, 11) is 0. The van der Waals surface area contributed by atoms with Gasteiger partial charge in [-0.1, -0.05) is 0 Å². The fourth-order valence-corrected chi connectivity index (χ4v) is 1.72. The summed E-state index contributed by atoms with van der Waals surface area (Å²) in [6, 6.07) is 4.69. The molecule has 1 aliphatic heterocycles. The van der Waals surface area contributed by atoms with Crippen LogP contribution in [0, 0.1) is 0 Å². The number of carbonyl (C=O) groups excluding carboxylic acids is 2. The van der Waals surface area contributed by atoms with E-state index >= 15 is 0 Å². The number of hydrogen-bond donors (Lipinski definition) is 3. The number of nitrogens with one attached hydrogen (secondary N) is 2. The van der Waals surface area contributed by atoms with Gasteiger partial charge < -0.3 is 25.2 Å². The summed E-state index contributed by atoms with van der Waals surface area (Å²) in [4.78, 5) is 33.3. The van der Waals surface area contributed by atoms with E-state index in [0.29, 0.717) is 17.0 Å². The summed E-state index contributed by atoms with van der Waals surface area (Å²) in [5, 5.41) is 13.6. The first kappa shape index (κ1) is 14.8. The first-order valence-electron chi connectivity index (χ1n) is 6.20. The summed E-state index contributed by atoms with van der Waals surface area (Å²) >= 11 is 0. The Morgan fingerprint density at radius 1 is 1.43 bits per heavy atom. The number of carboxylic acids is 1. The molecule has 0 unspecified atom stereocenters. The van der Waals surface area contributed by atoms with Gasteiger partial charge in [-0.05, 0) is 18.2 Å². The summed E-state index contributed by atoms with van der Waals surface area (Å²) in [6.07, 6.45) is 0. The van der Waals surface area contributed by atoms with Crippen molar-refractivity contribution in [1.29, 1.82) is 0 Å². The highest BCUT2D eigenvalue weighted by molar-refractivity contribution is 5.99. The second-order valence-electron chi connectivity index (χ2n) is 4.25. The van der Waals surface area contributed by atoms with Crippen LogP contribution in [0.3, 0.4) is 0 Å². The highest BCUT2D eigenvalue weighted by Crippen LogP contribution is 2.28. The van der Waals surface area contributed by atoms with Crippen LogP contribution in [0.2, 0.25) is 0 Å². The monoisotopic (exact) mass is 294 g/mol. The Bertz CT molecular complexity index is 572. The topological polar surface area (TPSA) is 114 Å². The van der Waals surface area contributed by atoms with Crippen LogP contribution in [-0.2, 0) is 14.3 Å². The Morgan fingerprint density at radius 3 is 3.00 bits per heavy atom. The molecule has 112 valence electrons. The van der Waals surface area contributed by atoms with Gasteiger partial charge in [0.2, 0.25) is 0 Å². The lowest BCUT2D eigenvalue weighted by Gasteiger charge is -2.18. The van der Waals surface area contributed by atoms with Crippen molar-refractivity contribution in [1.82, 2.24) is 5.32 Å². The average molecular weight is 294 g/mol. The minimum atomic E-state index is -1.06. The van der Waals surface area contributed by atoms with Crippen molar-refractivity contribution in [3.8, 4) is 5.75 Å². The van der Waals surface area contributed by atoms with Gasteiger partial charge in [-0.25, -0.2) is 4.79 Å². The van der Waals surface area contributed by atoms with E-state index in [1.54, 1.807) is 12.1 Å². The predicted octanol–water partition coefficient (Wildman–Crippen LogP) is -0.152. The lowest BCUT2D eigenvalue weighted by Crippen LogP contribution is -2.29. The number of carbonyl (C=O) groups is 3. The summed E-state index contributed by atoms with van der Waals surface area (Å²) in [6.45, 7) is -0.160. The molecule has 2 rings (SSSR count). The Hall–Kier alpha value is -2.61. The van der Waals surface area contributed by atoms with Crippen molar-refractivity contribution in [3.05, 3.63) is 23.8 Å². The normalized spacial score (nSPS) is 12.9. The number of rotatable bonds is 6. The summed E-state index contributed by atoms with van der Waals surface area (Å²) in [5.41, 5.74) is 0.804. The third-order valence-corrected chi connectivity index (χ3v) is 2.63. The van der Waals surface area contributed by atoms with Crippen LogP contribution in [0.15, 0.2) is 18.2 Å². The Labute approximate surface area is 120 Å². The Kier molecular flexibility index (Phi) is 4.72. The first-order chi connectivity index (χ1) is 10.1. The van der Waals surface area contributed by atoms with E-state index in [-0.39, 0.29) is 31.6 Å². The highest BCUT2D eigenvalue weighted by Gasteiger charge is 2.17. The standard InChI is InChI=1S/C13H14N2O6/c16-11-6-21-10-2-1-8(5-9(10)15-11)13(19)14-3-4-20-7-12(17)18/h1-2,5H,3-4,6-7H2,(H,14,19)(H,15,16)(H,17,18). The quantitative estimate of drug-likeness (QED) is 0.629. The molecule has 0 radical (unpaired) electrons. The molecule has 1 aromatic rings. The van der Waals surface area contributed by atoms with E-state index < -0.39 is 12.6 Å². The molecule has 0 spiro atoms. The van der Waals surface area contributed by atoms with Crippen molar-refractivity contribution < 1.29 is 29.0 Å². The van der Waals surface area contributed by atoms with Crippen molar-refractivity contribution in [2.24, 2.45) is 0 Å². The van der Waals surface area contributed by atoms with Gasteiger partial charge in [-0.15, -0.1) is 0 Å².